The topological polar surface area (TPSA) is 49.4 Å². The van der Waals surface area contributed by atoms with Gasteiger partial charge >= 0.3 is 0 Å². The van der Waals surface area contributed by atoms with Gasteiger partial charge in [-0.1, -0.05) is 81.1 Å². The highest BCUT2D eigenvalue weighted by Crippen LogP contribution is 2.48. The van der Waals surface area contributed by atoms with E-state index in [1.54, 1.807) is 0 Å². The molecule has 0 spiro atoms. The van der Waals surface area contributed by atoms with Gasteiger partial charge in [0.2, 0.25) is 0 Å². The minimum atomic E-state index is -0.409. The Kier molecular flexibility index (Phi) is 5.59. The van der Waals surface area contributed by atoms with Gasteiger partial charge in [0.05, 0.1) is 22.2 Å². The van der Waals surface area contributed by atoms with Gasteiger partial charge in [0.25, 0.3) is 11.8 Å². The molecular formula is C28H26N2O2S. The van der Waals surface area contributed by atoms with Gasteiger partial charge in [0.15, 0.2) is 0 Å². The number of nitrogens with zero attached hydrogens (tertiary/aromatic N) is 1. The number of carbonyl (C=O) groups excluding carboxylic acids is 2. The monoisotopic (exact) mass is 454 g/mol. The Balaban J connectivity index is 1.61. The van der Waals surface area contributed by atoms with Crippen LogP contribution < -0.4 is 10.2 Å². The number of amides is 2. The van der Waals surface area contributed by atoms with Crippen LogP contribution in [0.25, 0.3) is 0 Å². The highest BCUT2D eigenvalue weighted by atomic mass is 32.2. The molecule has 0 bridgehead atoms. The maximum atomic E-state index is 13.8. The van der Waals surface area contributed by atoms with Gasteiger partial charge in [-0.15, -0.1) is 0 Å². The summed E-state index contributed by atoms with van der Waals surface area (Å²) in [5, 5.41) is 3.56. The van der Waals surface area contributed by atoms with Crippen molar-refractivity contribution in [3.8, 4) is 0 Å². The molecule has 5 rings (SSSR count). The van der Waals surface area contributed by atoms with E-state index < -0.39 is 6.04 Å². The van der Waals surface area contributed by atoms with Crippen molar-refractivity contribution < 1.29 is 9.59 Å². The predicted molar refractivity (Wildman–Crippen MR) is 135 cm³/mol. The van der Waals surface area contributed by atoms with E-state index in [1.165, 1.54) is 27.8 Å². The second-order valence-corrected chi connectivity index (χ2v) is 9.76. The second-order valence-electron chi connectivity index (χ2n) is 8.71. The van der Waals surface area contributed by atoms with Crippen LogP contribution in [0, 0.1) is 0 Å². The number of anilines is 2. The lowest BCUT2D eigenvalue weighted by atomic mass is 9.94. The van der Waals surface area contributed by atoms with Crippen LogP contribution in [0.2, 0.25) is 0 Å². The normalized spacial score (nSPS) is 17.7. The summed E-state index contributed by atoms with van der Waals surface area (Å²) >= 11 is 1.38. The summed E-state index contributed by atoms with van der Waals surface area (Å²) in [6.45, 7) is 6.40. The van der Waals surface area contributed by atoms with Gasteiger partial charge in [-0.2, -0.15) is 0 Å². The Morgan fingerprint density at radius 2 is 1.61 bits per heavy atom. The van der Waals surface area contributed by atoms with E-state index in [2.05, 4.69) is 50.4 Å². The molecule has 0 aromatic heterocycles. The number of hydrogen-bond donors (Lipinski definition) is 1. The van der Waals surface area contributed by atoms with Crippen LogP contribution in [-0.4, -0.2) is 11.8 Å². The zero-order valence-electron chi connectivity index (χ0n) is 19.0. The van der Waals surface area contributed by atoms with Crippen LogP contribution in [-0.2, 0) is 16.0 Å². The molecule has 0 saturated heterocycles. The van der Waals surface area contributed by atoms with Crippen LogP contribution in [0.1, 0.15) is 49.4 Å². The fraction of sp³-hybridized carbons (Fsp3) is 0.214. The summed E-state index contributed by atoms with van der Waals surface area (Å²) in [6.07, 6.45) is 0.905. The van der Waals surface area contributed by atoms with E-state index in [1.807, 2.05) is 48.5 Å². The molecular weight excluding hydrogens is 428 g/mol. The first-order chi connectivity index (χ1) is 16.0. The maximum Gasteiger partial charge on any atom is 0.272 e. The third-order valence-electron chi connectivity index (χ3n) is 6.30. The van der Waals surface area contributed by atoms with Gasteiger partial charge in [-0.05, 0) is 53.3 Å². The van der Waals surface area contributed by atoms with Gasteiger partial charge in [-0.25, -0.2) is 4.90 Å². The molecule has 2 aliphatic heterocycles. The molecule has 0 fully saturated rings. The molecule has 0 radical (unpaired) electrons. The molecule has 1 atom stereocenters. The Bertz CT molecular complexity index is 1260. The van der Waals surface area contributed by atoms with E-state index in [0.29, 0.717) is 22.1 Å². The summed E-state index contributed by atoms with van der Waals surface area (Å²) < 4.78 is 0. The summed E-state index contributed by atoms with van der Waals surface area (Å²) in [5.74, 6) is -0.0972. The van der Waals surface area contributed by atoms with Crippen LogP contribution in [0.3, 0.4) is 0 Å². The zero-order chi connectivity index (χ0) is 23.1. The van der Waals surface area contributed by atoms with E-state index in [4.69, 9.17) is 0 Å². The number of thioether (sulfide) groups is 1. The number of fused-ring (bicyclic) bond motifs is 1. The molecule has 4 nitrogen and oxygen atoms in total. The van der Waals surface area contributed by atoms with Crippen molar-refractivity contribution in [1.82, 2.24) is 0 Å². The molecule has 166 valence electrons. The minimum Gasteiger partial charge on any atom is -0.373 e. The van der Waals surface area contributed by atoms with Crippen LogP contribution in [0.5, 0.6) is 0 Å². The highest BCUT2D eigenvalue weighted by Gasteiger charge is 2.45. The molecule has 0 unspecified atom stereocenters. The number of nitrogens with one attached hydrogen (secondary N) is 1. The lowest BCUT2D eigenvalue weighted by molar-refractivity contribution is -0.120. The van der Waals surface area contributed by atoms with E-state index in [-0.39, 0.29) is 11.8 Å². The first kappa shape index (κ1) is 21.5. The number of rotatable bonds is 4. The standard InChI is InChI=1S/C28H26N2O2S/c1-4-18-9-15-21(16-10-18)30-27(31)24-25(20-13-11-19(12-14-20)17(2)3)29-22-7-5-6-8-23(22)33-26(24)28(30)32/h5-17,25,29H,4H2,1-3H3/t25-/m0/s1. The lowest BCUT2D eigenvalue weighted by Crippen LogP contribution is -2.33. The maximum absolute atomic E-state index is 13.8. The van der Waals surface area contributed by atoms with Gasteiger partial charge in [0, 0.05) is 10.6 Å². The summed E-state index contributed by atoms with van der Waals surface area (Å²) in [6, 6.07) is 23.5. The van der Waals surface area contributed by atoms with E-state index in [9.17, 15) is 9.59 Å². The van der Waals surface area contributed by atoms with Gasteiger partial charge in [-0.3, -0.25) is 9.59 Å². The predicted octanol–water partition coefficient (Wildman–Crippen LogP) is 6.46. The third-order valence-corrected chi connectivity index (χ3v) is 7.48. The molecule has 2 amide bonds. The summed E-state index contributed by atoms with van der Waals surface area (Å²) in [5.41, 5.74) is 5.42. The Hall–Kier alpha value is -3.31. The molecule has 0 saturated carbocycles. The summed E-state index contributed by atoms with van der Waals surface area (Å²) in [4.78, 5) is 30.1. The number of imide groups is 1. The Labute approximate surface area is 198 Å². The van der Waals surface area contributed by atoms with Crippen molar-refractivity contribution in [2.45, 2.75) is 44.0 Å². The quantitative estimate of drug-likeness (QED) is 0.460. The Morgan fingerprint density at radius 1 is 0.909 bits per heavy atom. The minimum absolute atomic E-state index is 0.258. The first-order valence-electron chi connectivity index (χ1n) is 11.3. The second kappa shape index (κ2) is 8.56. The number of para-hydroxylation sites is 1. The van der Waals surface area contributed by atoms with E-state index >= 15 is 0 Å². The molecule has 33 heavy (non-hydrogen) atoms. The largest absolute Gasteiger partial charge is 0.373 e. The van der Waals surface area contributed by atoms with Crippen LogP contribution in [0.15, 0.2) is 88.2 Å². The molecule has 2 aliphatic rings. The number of aryl methyl sites for hydroxylation is 1. The van der Waals surface area contributed by atoms with Gasteiger partial charge in [0.1, 0.15) is 0 Å². The SMILES string of the molecule is CCc1ccc(N2C(=O)C3=C(C2=O)[C@H](c2ccc(C(C)C)cc2)Nc2ccccc2S3)cc1. The number of hydrogen-bond acceptors (Lipinski definition) is 4. The van der Waals surface area contributed by atoms with Gasteiger partial charge < -0.3 is 5.32 Å². The molecule has 3 aromatic rings. The molecule has 0 aliphatic carbocycles. The van der Waals surface area contributed by atoms with Crippen LogP contribution in [0.4, 0.5) is 11.4 Å². The third kappa shape index (κ3) is 3.76. The Morgan fingerprint density at radius 3 is 2.27 bits per heavy atom. The molecule has 2 heterocycles. The van der Waals surface area contributed by atoms with Crippen molar-refractivity contribution in [2.24, 2.45) is 0 Å². The average Bonchev–Trinajstić information content (AvgIpc) is 2.98. The lowest BCUT2D eigenvalue weighted by Gasteiger charge is -2.23. The first-order valence-corrected chi connectivity index (χ1v) is 12.1. The summed E-state index contributed by atoms with van der Waals surface area (Å²) in [7, 11) is 0. The molecule has 5 heteroatoms. The highest BCUT2D eigenvalue weighted by molar-refractivity contribution is 8.04. The fourth-order valence-corrected chi connectivity index (χ4v) is 5.43. The van der Waals surface area contributed by atoms with Crippen molar-refractivity contribution >= 4 is 35.0 Å². The molecule has 1 N–H and O–H groups in total. The zero-order valence-corrected chi connectivity index (χ0v) is 19.8. The smallest absolute Gasteiger partial charge is 0.272 e. The number of benzene rings is 3. The van der Waals surface area contributed by atoms with Crippen molar-refractivity contribution in [3.05, 3.63) is 100.0 Å². The van der Waals surface area contributed by atoms with Crippen molar-refractivity contribution in [3.63, 3.8) is 0 Å². The van der Waals surface area contributed by atoms with Crippen molar-refractivity contribution in [2.75, 3.05) is 10.2 Å². The molecule has 3 aromatic carbocycles. The van der Waals surface area contributed by atoms with E-state index in [0.717, 1.165) is 22.6 Å². The van der Waals surface area contributed by atoms with Crippen LogP contribution >= 0.6 is 11.8 Å². The van der Waals surface area contributed by atoms with Crippen molar-refractivity contribution in [1.29, 1.82) is 0 Å². The fourth-order valence-electron chi connectivity index (χ4n) is 4.33. The number of carbonyl (C=O) groups is 2. The average molecular weight is 455 g/mol.